The van der Waals surface area contributed by atoms with Crippen LogP contribution < -0.4 is 10.6 Å². The van der Waals surface area contributed by atoms with Gasteiger partial charge in [0.15, 0.2) is 0 Å². The van der Waals surface area contributed by atoms with Gasteiger partial charge in [-0.25, -0.2) is 0 Å². The van der Waals surface area contributed by atoms with Gasteiger partial charge >= 0.3 is 0 Å². The van der Waals surface area contributed by atoms with Crippen molar-refractivity contribution < 1.29 is 9.59 Å². The first-order valence-corrected chi connectivity index (χ1v) is 6.79. The zero-order valence-electron chi connectivity index (χ0n) is 11.3. The van der Waals surface area contributed by atoms with Crippen LogP contribution in [-0.4, -0.2) is 48.9 Å². The molecule has 2 heterocycles. The number of piperidine rings is 1. The van der Waals surface area contributed by atoms with Gasteiger partial charge in [-0.3, -0.25) is 9.59 Å². The molecule has 2 fully saturated rings. The van der Waals surface area contributed by atoms with Crippen molar-refractivity contribution in [2.24, 2.45) is 5.41 Å². The molecular weight excluding hydrogens is 230 g/mol. The highest BCUT2D eigenvalue weighted by atomic mass is 16.2. The Morgan fingerprint density at radius 3 is 2.94 bits per heavy atom. The summed E-state index contributed by atoms with van der Waals surface area (Å²) in [7, 11) is 0. The van der Waals surface area contributed by atoms with Crippen LogP contribution in [0, 0.1) is 5.41 Å². The summed E-state index contributed by atoms with van der Waals surface area (Å²) in [4.78, 5) is 25.4. The number of hydrogen-bond donors (Lipinski definition) is 2. The van der Waals surface area contributed by atoms with Crippen molar-refractivity contribution in [1.82, 2.24) is 15.5 Å². The molecule has 5 nitrogen and oxygen atoms in total. The fourth-order valence-corrected chi connectivity index (χ4v) is 2.86. The fraction of sp³-hybridized carbons (Fsp3) is 0.846. The maximum Gasteiger partial charge on any atom is 0.236 e. The second-order valence-corrected chi connectivity index (χ2v) is 5.91. The zero-order chi connectivity index (χ0) is 13.2. The Morgan fingerprint density at radius 2 is 2.33 bits per heavy atom. The van der Waals surface area contributed by atoms with Crippen LogP contribution in [0.2, 0.25) is 0 Å². The van der Waals surface area contributed by atoms with Gasteiger partial charge in [-0.2, -0.15) is 0 Å². The molecule has 0 bridgehead atoms. The Balaban J connectivity index is 1.90. The molecule has 102 valence electrons. The number of nitrogens with zero attached hydrogens (tertiary/aromatic N) is 1. The molecule has 2 aliphatic rings. The zero-order valence-corrected chi connectivity index (χ0v) is 11.3. The molecule has 2 saturated heterocycles. The van der Waals surface area contributed by atoms with E-state index in [1.807, 2.05) is 18.7 Å². The fourth-order valence-electron chi connectivity index (χ4n) is 2.86. The summed E-state index contributed by atoms with van der Waals surface area (Å²) in [5, 5.41) is 6.05. The summed E-state index contributed by atoms with van der Waals surface area (Å²) < 4.78 is 0. The van der Waals surface area contributed by atoms with Crippen LogP contribution in [0.15, 0.2) is 0 Å². The van der Waals surface area contributed by atoms with E-state index < -0.39 is 0 Å². The Bertz CT molecular complexity index is 343. The van der Waals surface area contributed by atoms with Crippen LogP contribution in [0.1, 0.15) is 33.1 Å². The number of carbonyl (C=O) groups excluding carboxylic acids is 2. The predicted molar refractivity (Wildman–Crippen MR) is 69.0 cm³/mol. The monoisotopic (exact) mass is 253 g/mol. The number of carbonyl (C=O) groups is 2. The highest BCUT2D eigenvalue weighted by Gasteiger charge is 2.42. The Morgan fingerprint density at radius 1 is 1.56 bits per heavy atom. The predicted octanol–water partition coefficient (Wildman–Crippen LogP) is 0.113. The molecule has 0 aromatic heterocycles. The molecule has 0 aromatic rings. The maximum absolute atomic E-state index is 12.1. The molecule has 2 rings (SSSR count). The average Bonchev–Trinajstić information content (AvgIpc) is 2.67. The molecule has 18 heavy (non-hydrogen) atoms. The van der Waals surface area contributed by atoms with Crippen LogP contribution in [0.5, 0.6) is 0 Å². The van der Waals surface area contributed by atoms with Gasteiger partial charge in [0.25, 0.3) is 0 Å². The first kappa shape index (κ1) is 13.3. The van der Waals surface area contributed by atoms with E-state index in [1.54, 1.807) is 0 Å². The number of amides is 2. The maximum atomic E-state index is 12.1. The smallest absolute Gasteiger partial charge is 0.236 e. The van der Waals surface area contributed by atoms with E-state index in [9.17, 15) is 9.59 Å². The summed E-state index contributed by atoms with van der Waals surface area (Å²) in [6.45, 7) is 6.75. The molecule has 0 radical (unpaired) electrons. The van der Waals surface area contributed by atoms with Crippen LogP contribution in [-0.2, 0) is 9.59 Å². The number of hydrogen-bond acceptors (Lipinski definition) is 3. The molecule has 2 N–H and O–H groups in total. The highest BCUT2D eigenvalue weighted by molar-refractivity contribution is 5.81. The van der Waals surface area contributed by atoms with Crippen molar-refractivity contribution in [3.05, 3.63) is 0 Å². The molecule has 1 atom stereocenters. The van der Waals surface area contributed by atoms with Crippen LogP contribution in [0.4, 0.5) is 0 Å². The molecular formula is C13H23N3O2. The van der Waals surface area contributed by atoms with Crippen molar-refractivity contribution in [2.75, 3.05) is 26.2 Å². The van der Waals surface area contributed by atoms with Gasteiger partial charge in [0.2, 0.25) is 11.8 Å². The van der Waals surface area contributed by atoms with Crippen LogP contribution in [0.25, 0.3) is 0 Å². The van der Waals surface area contributed by atoms with Gasteiger partial charge in [-0.1, -0.05) is 13.8 Å². The second kappa shape index (κ2) is 5.26. The third-order valence-electron chi connectivity index (χ3n) is 3.87. The number of rotatable bonds is 3. The van der Waals surface area contributed by atoms with Gasteiger partial charge in [-0.05, 0) is 12.8 Å². The standard InChI is InChI=1S/C13H23N3O2/c1-10(2)14-7-12(18)16-5-3-4-13(9-16)6-11(17)15-8-13/h10,14H,3-9H2,1-2H3,(H,15,17). The third kappa shape index (κ3) is 3.02. The minimum absolute atomic E-state index is 0.00280. The summed E-state index contributed by atoms with van der Waals surface area (Å²) in [5.41, 5.74) is 0.00280. The van der Waals surface area contributed by atoms with Gasteiger partial charge in [-0.15, -0.1) is 0 Å². The summed E-state index contributed by atoms with van der Waals surface area (Å²) in [6, 6.07) is 0.322. The third-order valence-corrected chi connectivity index (χ3v) is 3.87. The Kier molecular flexibility index (Phi) is 3.90. The second-order valence-electron chi connectivity index (χ2n) is 5.91. The first-order chi connectivity index (χ1) is 8.51. The van der Waals surface area contributed by atoms with E-state index in [2.05, 4.69) is 10.6 Å². The lowest BCUT2D eigenvalue weighted by atomic mass is 9.79. The lowest BCUT2D eigenvalue weighted by molar-refractivity contribution is -0.134. The van der Waals surface area contributed by atoms with E-state index in [0.717, 1.165) is 32.5 Å². The molecule has 2 aliphatic heterocycles. The van der Waals surface area contributed by atoms with E-state index >= 15 is 0 Å². The molecule has 0 aliphatic carbocycles. The van der Waals surface area contributed by atoms with Crippen molar-refractivity contribution >= 4 is 11.8 Å². The topological polar surface area (TPSA) is 61.4 Å². The van der Waals surface area contributed by atoms with E-state index in [0.29, 0.717) is 19.0 Å². The Labute approximate surface area is 108 Å². The summed E-state index contributed by atoms with van der Waals surface area (Å²) in [5.74, 6) is 0.284. The minimum Gasteiger partial charge on any atom is -0.355 e. The van der Waals surface area contributed by atoms with Crippen molar-refractivity contribution in [3.8, 4) is 0 Å². The molecule has 5 heteroatoms. The highest BCUT2D eigenvalue weighted by Crippen LogP contribution is 2.35. The molecule has 0 aromatic carbocycles. The van der Waals surface area contributed by atoms with E-state index in [4.69, 9.17) is 0 Å². The lowest BCUT2D eigenvalue weighted by Gasteiger charge is -2.39. The normalized spacial score (nSPS) is 27.9. The number of nitrogens with one attached hydrogen (secondary N) is 2. The molecule has 1 unspecified atom stereocenters. The van der Waals surface area contributed by atoms with Crippen molar-refractivity contribution in [3.63, 3.8) is 0 Å². The van der Waals surface area contributed by atoms with Gasteiger partial charge in [0.1, 0.15) is 0 Å². The van der Waals surface area contributed by atoms with E-state index in [-0.39, 0.29) is 17.2 Å². The van der Waals surface area contributed by atoms with Gasteiger partial charge < -0.3 is 15.5 Å². The SMILES string of the molecule is CC(C)NCC(=O)N1CCCC2(CNC(=O)C2)C1. The van der Waals surface area contributed by atoms with Gasteiger partial charge in [0, 0.05) is 37.5 Å². The summed E-state index contributed by atoms with van der Waals surface area (Å²) >= 11 is 0. The minimum atomic E-state index is 0.00280. The van der Waals surface area contributed by atoms with E-state index in [1.165, 1.54) is 0 Å². The van der Waals surface area contributed by atoms with Crippen LogP contribution >= 0.6 is 0 Å². The lowest BCUT2D eigenvalue weighted by Crippen LogP contribution is -2.50. The van der Waals surface area contributed by atoms with Crippen molar-refractivity contribution in [1.29, 1.82) is 0 Å². The molecule has 0 saturated carbocycles. The quantitative estimate of drug-likeness (QED) is 0.750. The first-order valence-electron chi connectivity index (χ1n) is 6.79. The average molecular weight is 253 g/mol. The number of likely N-dealkylation sites (tertiary alicyclic amines) is 1. The largest absolute Gasteiger partial charge is 0.355 e. The summed E-state index contributed by atoms with van der Waals surface area (Å²) in [6.07, 6.45) is 2.63. The van der Waals surface area contributed by atoms with Gasteiger partial charge in [0.05, 0.1) is 6.54 Å². The Hall–Kier alpha value is -1.10. The van der Waals surface area contributed by atoms with Crippen LogP contribution in [0.3, 0.4) is 0 Å². The molecule has 2 amide bonds. The van der Waals surface area contributed by atoms with Crippen molar-refractivity contribution in [2.45, 2.75) is 39.2 Å². The molecule has 1 spiro atoms.